The molecule has 0 fully saturated rings. The molecule has 2 aliphatic heterocycles. The van der Waals surface area contributed by atoms with Crippen LogP contribution in [0.1, 0.15) is 15.9 Å². The number of non-ortho nitro benzene ring substituents is 1. The molecule has 0 N–H and O–H groups in total. The minimum atomic E-state index is -1.09. The van der Waals surface area contributed by atoms with E-state index in [1.54, 1.807) is 6.07 Å². The number of esters is 1. The molecule has 0 saturated heterocycles. The predicted octanol–water partition coefficient (Wildman–Crippen LogP) is 4.24. The number of benzene rings is 3. The zero-order valence-electron chi connectivity index (χ0n) is 21.3. The topological polar surface area (TPSA) is 160 Å². The first-order valence-electron chi connectivity index (χ1n) is 11.5. The summed E-state index contributed by atoms with van der Waals surface area (Å²) in [5.74, 6) is 0.730. The van der Waals surface area contributed by atoms with Crippen molar-refractivity contribution in [3.05, 3.63) is 57.6 Å². The van der Waals surface area contributed by atoms with Gasteiger partial charge in [0, 0.05) is 28.8 Å². The van der Waals surface area contributed by atoms with Crippen LogP contribution in [0.2, 0.25) is 0 Å². The molecule has 0 unspecified atom stereocenters. The summed E-state index contributed by atoms with van der Waals surface area (Å²) in [7, 11) is 4.06. The number of hydrogen-bond donors (Lipinski definition) is 0. The summed E-state index contributed by atoms with van der Waals surface area (Å²) < 4.78 is 49.1. The highest BCUT2D eigenvalue weighted by atomic mass is 16.7. The standard InChI is InChI=1S/C26H21NO13/c1-32-17-8-13(10-35-26(29)40-15-6-4-14(5-7-15)27(30)31)19(23-21(17)36-11-38-23)20-16(25(28)34-3)9-18(33-2)22-24(20)39-12-37-22/h4-9H,10-12H2,1-3H3. The van der Waals surface area contributed by atoms with Crippen molar-refractivity contribution in [3.8, 4) is 51.4 Å². The Labute approximate surface area is 225 Å². The molecule has 0 radical (unpaired) electrons. The zero-order chi connectivity index (χ0) is 28.4. The van der Waals surface area contributed by atoms with Crippen molar-refractivity contribution >= 4 is 17.8 Å². The lowest BCUT2D eigenvalue weighted by Crippen LogP contribution is -2.12. The zero-order valence-corrected chi connectivity index (χ0v) is 21.3. The van der Waals surface area contributed by atoms with Crippen LogP contribution >= 0.6 is 0 Å². The van der Waals surface area contributed by atoms with Crippen LogP contribution in [0.15, 0.2) is 36.4 Å². The highest BCUT2D eigenvalue weighted by Crippen LogP contribution is 2.56. The molecular weight excluding hydrogens is 534 g/mol. The van der Waals surface area contributed by atoms with E-state index >= 15 is 0 Å². The molecule has 2 aliphatic rings. The second kappa shape index (κ2) is 10.8. The lowest BCUT2D eigenvalue weighted by molar-refractivity contribution is -0.384. The smallest absolute Gasteiger partial charge is 0.493 e. The molecule has 0 saturated carbocycles. The number of carbonyl (C=O) groups is 2. The molecule has 14 heteroatoms. The fourth-order valence-electron chi connectivity index (χ4n) is 4.24. The normalized spacial score (nSPS) is 12.5. The average Bonchev–Trinajstić information content (AvgIpc) is 3.65. The van der Waals surface area contributed by atoms with E-state index in [-0.39, 0.29) is 77.3 Å². The summed E-state index contributed by atoms with van der Waals surface area (Å²) in [6, 6.07) is 7.88. The van der Waals surface area contributed by atoms with Crippen LogP contribution in [0.4, 0.5) is 10.5 Å². The number of methoxy groups -OCH3 is 3. The van der Waals surface area contributed by atoms with Crippen LogP contribution in [0.3, 0.4) is 0 Å². The average molecular weight is 555 g/mol. The second-order valence-electron chi connectivity index (χ2n) is 8.13. The van der Waals surface area contributed by atoms with Gasteiger partial charge in [0.2, 0.25) is 25.1 Å². The van der Waals surface area contributed by atoms with E-state index < -0.39 is 17.0 Å². The van der Waals surface area contributed by atoms with E-state index in [9.17, 15) is 19.7 Å². The molecule has 3 aromatic rings. The first-order valence-corrected chi connectivity index (χ1v) is 11.5. The molecule has 0 atom stereocenters. The number of nitrogens with zero attached hydrogens (tertiary/aromatic N) is 1. The summed E-state index contributed by atoms with van der Waals surface area (Å²) in [6.07, 6.45) is -1.09. The first kappa shape index (κ1) is 26.2. The summed E-state index contributed by atoms with van der Waals surface area (Å²) in [5, 5.41) is 10.9. The Bertz CT molecular complexity index is 1500. The molecule has 3 aromatic carbocycles. The van der Waals surface area contributed by atoms with E-state index in [0.717, 1.165) is 0 Å². The number of nitro benzene ring substituents is 1. The Kier molecular flexibility index (Phi) is 7.05. The summed E-state index contributed by atoms with van der Waals surface area (Å²) in [6.45, 7) is -0.669. The molecule has 0 aliphatic carbocycles. The van der Waals surface area contributed by atoms with Gasteiger partial charge >= 0.3 is 12.1 Å². The molecule has 0 bridgehead atoms. The van der Waals surface area contributed by atoms with Crippen LogP contribution in [0.5, 0.6) is 40.2 Å². The quantitative estimate of drug-likeness (QED) is 0.168. The maximum Gasteiger partial charge on any atom is 0.514 e. The second-order valence-corrected chi connectivity index (χ2v) is 8.13. The van der Waals surface area contributed by atoms with Gasteiger partial charge in [0.05, 0.1) is 31.8 Å². The SMILES string of the molecule is COC(=O)c1cc(OC)c2c(c1-c1c(COC(=O)Oc3ccc([N+](=O)[O-])cc3)cc(OC)c3c1OCO3)OCO2. The van der Waals surface area contributed by atoms with Gasteiger partial charge < -0.3 is 42.6 Å². The van der Waals surface area contributed by atoms with Gasteiger partial charge in [-0.3, -0.25) is 10.1 Å². The van der Waals surface area contributed by atoms with Crippen LogP contribution in [0.25, 0.3) is 11.1 Å². The minimum Gasteiger partial charge on any atom is -0.493 e. The molecule has 14 nitrogen and oxygen atoms in total. The summed E-state index contributed by atoms with van der Waals surface area (Å²) in [5.41, 5.74) is 0.738. The molecule has 208 valence electrons. The van der Waals surface area contributed by atoms with Crippen LogP contribution in [-0.2, 0) is 16.1 Å². The molecule has 0 amide bonds. The molecule has 40 heavy (non-hydrogen) atoms. The predicted molar refractivity (Wildman–Crippen MR) is 132 cm³/mol. The fraction of sp³-hybridized carbons (Fsp3) is 0.231. The van der Waals surface area contributed by atoms with Gasteiger partial charge in [-0.2, -0.15) is 0 Å². The van der Waals surface area contributed by atoms with Gasteiger partial charge in [0.1, 0.15) is 12.4 Å². The lowest BCUT2D eigenvalue weighted by atomic mass is 9.92. The molecular formula is C26H21NO13. The highest BCUT2D eigenvalue weighted by molar-refractivity contribution is 6.03. The molecule has 0 aromatic heterocycles. The monoisotopic (exact) mass is 555 g/mol. The Morgan fingerprint density at radius 1 is 0.850 bits per heavy atom. The largest absolute Gasteiger partial charge is 0.514 e. The van der Waals surface area contributed by atoms with Crippen molar-refractivity contribution < 1.29 is 57.1 Å². The van der Waals surface area contributed by atoms with Crippen molar-refractivity contribution in [2.75, 3.05) is 34.9 Å². The summed E-state index contributed by atoms with van der Waals surface area (Å²) >= 11 is 0. The van der Waals surface area contributed by atoms with Crippen molar-refractivity contribution in [1.82, 2.24) is 0 Å². The number of hydrogen-bond acceptors (Lipinski definition) is 13. The third-order valence-electron chi connectivity index (χ3n) is 5.99. The van der Waals surface area contributed by atoms with Crippen LogP contribution < -0.4 is 33.2 Å². The van der Waals surface area contributed by atoms with Crippen molar-refractivity contribution in [2.24, 2.45) is 0 Å². The Hall–Kier alpha value is -5.40. The third-order valence-corrected chi connectivity index (χ3v) is 5.99. The third kappa shape index (κ3) is 4.66. The molecule has 2 heterocycles. The Morgan fingerprint density at radius 2 is 1.43 bits per heavy atom. The number of nitro groups is 1. The van der Waals surface area contributed by atoms with E-state index in [1.807, 2.05) is 0 Å². The first-order chi connectivity index (χ1) is 19.4. The highest BCUT2D eigenvalue weighted by Gasteiger charge is 2.36. The fourth-order valence-corrected chi connectivity index (χ4v) is 4.24. The number of rotatable bonds is 8. The Balaban J connectivity index is 1.57. The van der Waals surface area contributed by atoms with Gasteiger partial charge in [0.15, 0.2) is 23.0 Å². The van der Waals surface area contributed by atoms with Crippen LogP contribution in [-0.4, -0.2) is 52.0 Å². The van der Waals surface area contributed by atoms with Gasteiger partial charge in [-0.25, -0.2) is 9.59 Å². The minimum absolute atomic E-state index is 0.0330. The Morgan fingerprint density at radius 3 is 2.00 bits per heavy atom. The van der Waals surface area contributed by atoms with Gasteiger partial charge in [-0.05, 0) is 24.3 Å². The van der Waals surface area contributed by atoms with E-state index in [4.69, 9.17) is 42.6 Å². The van der Waals surface area contributed by atoms with Gasteiger partial charge in [0.25, 0.3) is 5.69 Å². The number of carbonyl (C=O) groups excluding carboxylic acids is 2. The molecule has 5 rings (SSSR count). The summed E-state index contributed by atoms with van der Waals surface area (Å²) in [4.78, 5) is 35.7. The van der Waals surface area contributed by atoms with Gasteiger partial charge in [-0.15, -0.1) is 0 Å². The van der Waals surface area contributed by atoms with Crippen LogP contribution in [0, 0.1) is 10.1 Å². The molecule has 0 spiro atoms. The number of fused-ring (bicyclic) bond motifs is 2. The van der Waals surface area contributed by atoms with Crippen molar-refractivity contribution in [1.29, 1.82) is 0 Å². The van der Waals surface area contributed by atoms with E-state index in [0.29, 0.717) is 11.1 Å². The van der Waals surface area contributed by atoms with E-state index in [2.05, 4.69) is 0 Å². The lowest BCUT2D eigenvalue weighted by Gasteiger charge is -2.19. The van der Waals surface area contributed by atoms with E-state index in [1.165, 1.54) is 51.7 Å². The van der Waals surface area contributed by atoms with Gasteiger partial charge in [-0.1, -0.05) is 0 Å². The van der Waals surface area contributed by atoms with Crippen molar-refractivity contribution in [3.63, 3.8) is 0 Å². The maximum atomic E-state index is 12.9. The van der Waals surface area contributed by atoms with Crippen molar-refractivity contribution in [2.45, 2.75) is 6.61 Å². The maximum absolute atomic E-state index is 12.9. The number of ether oxygens (including phenoxy) is 9.